The first-order valence-electron chi connectivity index (χ1n) is 15.6. The first-order valence-corrected chi connectivity index (χ1v) is 16.5. The lowest BCUT2D eigenvalue weighted by atomic mass is 10.1. The van der Waals surface area contributed by atoms with Gasteiger partial charge in [0.2, 0.25) is 5.95 Å². The number of hydrogen-bond donors (Lipinski definition) is 3. The average molecular weight is 640 g/mol. The van der Waals surface area contributed by atoms with Crippen molar-refractivity contribution in [2.24, 2.45) is 5.92 Å². The minimum absolute atomic E-state index is 0.0237. The molecule has 45 heavy (non-hydrogen) atoms. The van der Waals surface area contributed by atoms with Gasteiger partial charge in [0.25, 0.3) is 0 Å². The number of pyridine rings is 1. The maximum atomic E-state index is 11.1. The fourth-order valence-electron chi connectivity index (χ4n) is 4.35. The summed E-state index contributed by atoms with van der Waals surface area (Å²) in [5, 5.41) is 16.6. The predicted molar refractivity (Wildman–Crippen MR) is 182 cm³/mol. The zero-order chi connectivity index (χ0) is 32.9. The van der Waals surface area contributed by atoms with E-state index in [1.54, 1.807) is 18.4 Å². The number of aromatic amines is 1. The molecule has 246 valence electrons. The molecule has 0 amide bonds. The molecule has 0 bridgehead atoms. The molecule has 1 fully saturated rings. The van der Waals surface area contributed by atoms with Crippen LogP contribution in [0.1, 0.15) is 81.1 Å². The molecule has 0 saturated heterocycles. The van der Waals surface area contributed by atoms with Crippen LogP contribution in [0, 0.1) is 5.92 Å². The van der Waals surface area contributed by atoms with Crippen LogP contribution in [0.25, 0.3) is 22.3 Å². The van der Waals surface area contributed by atoms with E-state index in [0.717, 1.165) is 57.7 Å². The van der Waals surface area contributed by atoms with E-state index in [2.05, 4.69) is 44.6 Å². The number of H-pyrrole nitrogens is 1. The number of fused-ring (bicyclic) bond motifs is 1. The van der Waals surface area contributed by atoms with Crippen LogP contribution >= 0.6 is 11.3 Å². The summed E-state index contributed by atoms with van der Waals surface area (Å²) in [4.78, 5) is 24.4. The van der Waals surface area contributed by atoms with Gasteiger partial charge in [-0.2, -0.15) is 5.10 Å². The van der Waals surface area contributed by atoms with Crippen molar-refractivity contribution in [3.63, 3.8) is 0 Å². The highest BCUT2D eigenvalue weighted by atomic mass is 32.1. The van der Waals surface area contributed by atoms with Crippen LogP contribution in [0.15, 0.2) is 36.0 Å². The number of hydrogen-bond acceptors (Lipinski definition) is 11. The van der Waals surface area contributed by atoms with Crippen molar-refractivity contribution in [2.45, 2.75) is 105 Å². The number of ether oxygens (including phenoxy) is 3. The largest absolute Gasteiger partial charge is 0.497 e. The average Bonchev–Trinajstić information content (AvgIpc) is 3.77. The summed E-state index contributed by atoms with van der Waals surface area (Å²) in [6, 6.07) is 8.53. The highest BCUT2D eigenvalue weighted by Crippen LogP contribution is 2.34. The molecule has 1 aliphatic carbocycles. The molecule has 11 nitrogen and oxygen atoms in total. The van der Waals surface area contributed by atoms with E-state index in [-0.39, 0.29) is 24.1 Å². The summed E-state index contributed by atoms with van der Waals surface area (Å²) in [6.45, 7) is 16.1. The molecule has 3 aromatic heterocycles. The summed E-state index contributed by atoms with van der Waals surface area (Å²) in [6.07, 6.45) is 6.35. The second-order valence-electron chi connectivity index (χ2n) is 12.0. The topological polar surface area (TPSA) is 136 Å². The number of rotatable bonds is 10. The number of carbonyl (C=O) groups is 1. The Bertz CT molecular complexity index is 1450. The maximum absolute atomic E-state index is 11.1. The second kappa shape index (κ2) is 17.5. The van der Waals surface area contributed by atoms with Crippen molar-refractivity contribution >= 4 is 39.3 Å². The Morgan fingerprint density at radius 1 is 0.956 bits per heavy atom. The van der Waals surface area contributed by atoms with Gasteiger partial charge >= 0.3 is 5.97 Å². The number of aromatic nitrogens is 5. The molecule has 0 atom stereocenters. The fourth-order valence-corrected chi connectivity index (χ4v) is 5.20. The normalized spacial score (nSPS) is 13.0. The molecule has 4 aromatic rings. The number of thiazole rings is 1. The van der Waals surface area contributed by atoms with E-state index in [1.165, 1.54) is 19.2 Å². The van der Waals surface area contributed by atoms with Crippen molar-refractivity contribution in [1.29, 1.82) is 0 Å². The molecule has 12 heteroatoms. The number of methoxy groups -OCH3 is 1. The quantitative estimate of drug-likeness (QED) is 0.148. The molecule has 1 saturated carbocycles. The minimum atomic E-state index is -0.0445. The molecule has 3 heterocycles. The van der Waals surface area contributed by atoms with E-state index in [0.29, 0.717) is 12.1 Å². The highest BCUT2D eigenvalue weighted by Gasteiger charge is 2.20. The third kappa shape index (κ3) is 11.8. The van der Waals surface area contributed by atoms with Crippen LogP contribution in [0.3, 0.4) is 0 Å². The van der Waals surface area contributed by atoms with E-state index in [9.17, 15) is 4.79 Å². The molecular weight excluding hydrogens is 590 g/mol. The van der Waals surface area contributed by atoms with Crippen molar-refractivity contribution < 1.29 is 19.0 Å². The van der Waals surface area contributed by atoms with Gasteiger partial charge in [0, 0.05) is 35.0 Å². The summed E-state index contributed by atoms with van der Waals surface area (Å²) >= 11 is 1.58. The number of nitrogens with zero attached hydrogens (tertiary/aromatic N) is 4. The monoisotopic (exact) mass is 639 g/mol. The highest BCUT2D eigenvalue weighted by molar-refractivity contribution is 7.14. The van der Waals surface area contributed by atoms with Gasteiger partial charge in [0.05, 0.1) is 30.3 Å². The summed E-state index contributed by atoms with van der Waals surface area (Å²) in [5.74, 6) is 2.29. The van der Waals surface area contributed by atoms with E-state index < -0.39 is 0 Å². The Balaban J connectivity index is 0.000000226. The van der Waals surface area contributed by atoms with Crippen LogP contribution < -0.4 is 20.1 Å². The first kappa shape index (κ1) is 35.5. The van der Waals surface area contributed by atoms with Crippen LogP contribution in [-0.2, 0) is 9.53 Å². The van der Waals surface area contributed by atoms with E-state index in [4.69, 9.17) is 19.2 Å². The zero-order valence-corrected chi connectivity index (χ0v) is 28.8. The molecule has 5 rings (SSSR count). The Labute approximate surface area is 270 Å². The molecular formula is C33H49N7O4S. The summed E-state index contributed by atoms with van der Waals surface area (Å²) in [5.41, 5.74) is 2.47. The molecule has 0 unspecified atom stereocenters. The van der Waals surface area contributed by atoms with Gasteiger partial charge in [0.1, 0.15) is 29.6 Å². The van der Waals surface area contributed by atoms with E-state index >= 15 is 0 Å². The van der Waals surface area contributed by atoms with Gasteiger partial charge < -0.3 is 24.8 Å². The standard InChI is InChI=1S/C19H23N3O2S.C9H16O2.C5H10N4/c1-11(2)20-19-22-17(10-25-19)16-9-18(24-12(3)4)14-7-6-13(23-5)8-15(14)21-16;1-7(2)9(10)11-8-5-3-4-6-8;1-4(2)8-5-6-3-7-9-5/h6-12H,1-5H3,(H,20,22);7-8H,3-6H2,1-2H3;3-4H,1-2H3,(H2,6,7,8,9). The number of benzene rings is 1. The van der Waals surface area contributed by atoms with Crippen LogP contribution in [0.5, 0.6) is 11.5 Å². The lowest BCUT2D eigenvalue weighted by Gasteiger charge is -2.14. The number of carbonyl (C=O) groups excluding carboxylic acids is 1. The molecule has 0 aliphatic heterocycles. The molecule has 3 N–H and O–H groups in total. The molecule has 0 spiro atoms. The van der Waals surface area contributed by atoms with Gasteiger partial charge in [-0.05, 0) is 79.4 Å². The number of anilines is 2. The third-order valence-electron chi connectivity index (χ3n) is 6.42. The summed E-state index contributed by atoms with van der Waals surface area (Å²) < 4.78 is 16.6. The van der Waals surface area contributed by atoms with Gasteiger partial charge in [0.15, 0.2) is 5.13 Å². The first-order chi connectivity index (χ1) is 21.4. The van der Waals surface area contributed by atoms with Crippen molar-refractivity contribution in [1.82, 2.24) is 25.1 Å². The number of esters is 1. The maximum Gasteiger partial charge on any atom is 0.308 e. The second-order valence-corrected chi connectivity index (χ2v) is 12.9. The zero-order valence-electron chi connectivity index (χ0n) is 28.0. The lowest BCUT2D eigenvalue weighted by Crippen LogP contribution is -2.18. The molecule has 1 aliphatic rings. The van der Waals surface area contributed by atoms with Crippen molar-refractivity contribution in [2.75, 3.05) is 17.7 Å². The lowest BCUT2D eigenvalue weighted by molar-refractivity contribution is -0.152. The third-order valence-corrected chi connectivity index (χ3v) is 7.19. The van der Waals surface area contributed by atoms with Crippen molar-refractivity contribution in [3.8, 4) is 22.9 Å². The van der Waals surface area contributed by atoms with Gasteiger partial charge in [-0.25, -0.2) is 20.1 Å². The molecule has 0 radical (unpaired) electrons. The van der Waals surface area contributed by atoms with Crippen LogP contribution in [-0.4, -0.2) is 62.5 Å². The van der Waals surface area contributed by atoms with Gasteiger partial charge in [-0.1, -0.05) is 13.8 Å². The Hall–Kier alpha value is -3.93. The molecule has 1 aromatic carbocycles. The fraction of sp³-hybridized carbons (Fsp3) is 0.545. The SMILES string of the molecule is CC(C)C(=O)OC1CCCC1.CC(C)Nc1ncn[nH]1.COc1ccc2c(OC(C)C)cc(-c3csc(NC(C)C)n3)nc2c1. The number of nitrogens with one attached hydrogen (secondary N) is 3. The Kier molecular flexibility index (Phi) is 13.8. The Morgan fingerprint density at radius 2 is 1.67 bits per heavy atom. The van der Waals surface area contributed by atoms with E-state index in [1.807, 2.05) is 71.2 Å². The van der Waals surface area contributed by atoms with Crippen LogP contribution in [0.4, 0.5) is 11.1 Å². The van der Waals surface area contributed by atoms with Crippen molar-refractivity contribution in [3.05, 3.63) is 36.0 Å². The Morgan fingerprint density at radius 3 is 2.24 bits per heavy atom. The van der Waals surface area contributed by atoms with Crippen LogP contribution in [0.2, 0.25) is 0 Å². The summed E-state index contributed by atoms with van der Waals surface area (Å²) in [7, 11) is 1.65. The minimum Gasteiger partial charge on any atom is -0.497 e. The van der Waals surface area contributed by atoms with Gasteiger partial charge in [-0.15, -0.1) is 11.3 Å². The predicted octanol–water partition coefficient (Wildman–Crippen LogP) is 7.73. The smallest absolute Gasteiger partial charge is 0.308 e. The van der Waals surface area contributed by atoms with Gasteiger partial charge in [-0.3, -0.25) is 4.79 Å².